The number of pyridine rings is 1. The van der Waals surface area contributed by atoms with E-state index in [4.69, 9.17) is 5.73 Å². The minimum absolute atomic E-state index is 0.168. The van der Waals surface area contributed by atoms with Gasteiger partial charge in [-0.15, -0.1) is 0 Å². The van der Waals surface area contributed by atoms with Gasteiger partial charge in [0.25, 0.3) is 0 Å². The summed E-state index contributed by atoms with van der Waals surface area (Å²) in [6, 6.07) is 4.27. The van der Waals surface area contributed by atoms with Crippen molar-refractivity contribution in [3.8, 4) is 11.1 Å². The van der Waals surface area contributed by atoms with Gasteiger partial charge >= 0.3 is 0 Å². The van der Waals surface area contributed by atoms with E-state index >= 15 is 0 Å². The van der Waals surface area contributed by atoms with Crippen LogP contribution >= 0.6 is 0 Å². The van der Waals surface area contributed by atoms with Crippen molar-refractivity contribution in [1.29, 1.82) is 0 Å². The molecule has 156 valence electrons. The summed E-state index contributed by atoms with van der Waals surface area (Å²) in [5, 5.41) is 15.0. The Kier molecular flexibility index (Phi) is 5.39. The van der Waals surface area contributed by atoms with Gasteiger partial charge in [-0.25, -0.2) is 9.97 Å². The second-order valence-corrected chi connectivity index (χ2v) is 8.52. The largest absolute Gasteiger partial charge is 0.387 e. The molecule has 1 atom stereocenters. The zero-order valence-electron chi connectivity index (χ0n) is 17.9. The van der Waals surface area contributed by atoms with Gasteiger partial charge in [0.1, 0.15) is 0 Å². The molecule has 0 bridgehead atoms. The molecule has 1 unspecified atom stereocenters. The fraction of sp³-hybridized carbons (Fsp3) is 0.391. The van der Waals surface area contributed by atoms with Crippen LogP contribution in [0.5, 0.6) is 0 Å². The molecule has 0 saturated heterocycles. The Bertz CT molecular complexity index is 1100. The van der Waals surface area contributed by atoms with Crippen molar-refractivity contribution in [3.05, 3.63) is 59.4 Å². The third-order valence-corrected chi connectivity index (χ3v) is 5.30. The highest BCUT2D eigenvalue weighted by Crippen LogP contribution is 2.35. The smallest absolute Gasteiger partial charge is 0.220 e. The second kappa shape index (κ2) is 7.99. The summed E-state index contributed by atoms with van der Waals surface area (Å²) in [6.07, 6.45) is 8.60. The summed E-state index contributed by atoms with van der Waals surface area (Å²) in [5.74, 6) is 0.520. The van der Waals surface area contributed by atoms with Crippen LogP contribution in [-0.4, -0.2) is 29.8 Å². The maximum Gasteiger partial charge on any atom is 0.220 e. The lowest BCUT2D eigenvalue weighted by Crippen LogP contribution is -2.09. The Morgan fingerprint density at radius 3 is 2.60 bits per heavy atom. The van der Waals surface area contributed by atoms with Gasteiger partial charge in [0.05, 0.1) is 29.4 Å². The second-order valence-electron chi connectivity index (χ2n) is 8.52. The molecule has 1 aliphatic rings. The zero-order chi connectivity index (χ0) is 21.4. The van der Waals surface area contributed by atoms with E-state index in [1.807, 2.05) is 29.3 Å². The van der Waals surface area contributed by atoms with Crippen molar-refractivity contribution in [2.24, 2.45) is 5.92 Å². The van der Waals surface area contributed by atoms with Gasteiger partial charge in [-0.2, -0.15) is 5.10 Å². The minimum Gasteiger partial charge on any atom is -0.387 e. The molecule has 30 heavy (non-hydrogen) atoms. The fourth-order valence-corrected chi connectivity index (χ4v) is 3.73. The van der Waals surface area contributed by atoms with Gasteiger partial charge < -0.3 is 10.8 Å². The van der Waals surface area contributed by atoms with Gasteiger partial charge in [-0.1, -0.05) is 19.9 Å². The predicted molar refractivity (Wildman–Crippen MR) is 117 cm³/mol. The lowest BCUT2D eigenvalue weighted by Gasteiger charge is -2.14. The Hall–Kier alpha value is -3.06. The van der Waals surface area contributed by atoms with Crippen LogP contribution in [0.1, 0.15) is 68.9 Å². The highest BCUT2D eigenvalue weighted by atomic mass is 16.3. The molecule has 0 fully saturated rings. The first-order valence-electron chi connectivity index (χ1n) is 10.4. The van der Waals surface area contributed by atoms with E-state index in [0.29, 0.717) is 24.1 Å². The number of rotatable bonds is 6. The molecule has 3 N–H and O–H groups in total. The van der Waals surface area contributed by atoms with Crippen LogP contribution in [0, 0.1) is 5.92 Å². The number of allylic oxidation sites excluding steroid dienone is 1. The average Bonchev–Trinajstić information content (AvgIpc) is 3.34. The van der Waals surface area contributed by atoms with Crippen molar-refractivity contribution in [2.75, 3.05) is 5.73 Å². The number of nitrogen functional groups attached to an aromatic ring is 1. The summed E-state index contributed by atoms with van der Waals surface area (Å²) < 4.78 is 1.94. The molecule has 4 rings (SSSR count). The first-order chi connectivity index (χ1) is 14.3. The number of aliphatic hydroxyl groups is 1. The molecule has 0 amide bonds. The van der Waals surface area contributed by atoms with Crippen LogP contribution in [0.2, 0.25) is 0 Å². The van der Waals surface area contributed by atoms with Gasteiger partial charge in [0.2, 0.25) is 5.95 Å². The summed E-state index contributed by atoms with van der Waals surface area (Å²) in [4.78, 5) is 13.4. The molecule has 0 saturated carbocycles. The lowest BCUT2D eigenvalue weighted by molar-refractivity contribution is 0.146. The van der Waals surface area contributed by atoms with E-state index in [1.165, 1.54) is 0 Å². The number of nitrogens with two attached hydrogens (primary N) is 1. The number of hydrogen-bond donors (Lipinski definition) is 2. The number of anilines is 1. The van der Waals surface area contributed by atoms with Crippen LogP contribution in [0.4, 0.5) is 5.95 Å². The minimum atomic E-state index is -0.665. The molecule has 3 heterocycles. The van der Waals surface area contributed by atoms with E-state index < -0.39 is 6.10 Å². The Morgan fingerprint density at radius 1 is 1.10 bits per heavy atom. The molecule has 0 spiro atoms. The number of fused-ring (bicyclic) bond motifs is 1. The lowest BCUT2D eigenvalue weighted by atomic mass is 9.99. The molecular formula is C23H28N6O. The highest BCUT2D eigenvalue weighted by Gasteiger charge is 2.22. The number of nitrogens with zero attached hydrogens (tertiary/aromatic N) is 5. The SMILES string of the molecule is CC(C)CC(O)c1cc(C2=CCc3ncc(-c4cnn(C(C)C)c4)cc32)nc(N)n1. The van der Waals surface area contributed by atoms with Gasteiger partial charge in [-0.05, 0) is 38.3 Å². The van der Waals surface area contributed by atoms with Crippen LogP contribution in [0.15, 0.2) is 36.8 Å². The highest BCUT2D eigenvalue weighted by molar-refractivity contribution is 5.84. The summed E-state index contributed by atoms with van der Waals surface area (Å²) in [7, 11) is 0. The molecule has 0 aliphatic heterocycles. The van der Waals surface area contributed by atoms with Gasteiger partial charge in [0, 0.05) is 47.1 Å². The average molecular weight is 405 g/mol. The molecule has 0 aromatic carbocycles. The van der Waals surface area contributed by atoms with Gasteiger partial charge in [0.15, 0.2) is 0 Å². The normalized spacial score (nSPS) is 14.3. The Balaban J connectivity index is 1.70. The van der Waals surface area contributed by atoms with Gasteiger partial charge in [-0.3, -0.25) is 9.67 Å². The summed E-state index contributed by atoms with van der Waals surface area (Å²) >= 11 is 0. The van der Waals surface area contributed by atoms with E-state index in [2.05, 4.69) is 59.9 Å². The standard InChI is InChI=1S/C23H28N6O/c1-13(2)7-22(30)21-9-20(27-23(24)28-21)17-5-6-19-18(17)8-15(10-25-19)16-11-26-29(12-16)14(3)4/h5,8-14,22,30H,6-7H2,1-4H3,(H2,24,27,28). The molecular weight excluding hydrogens is 376 g/mol. The van der Waals surface area contributed by atoms with Crippen molar-refractivity contribution < 1.29 is 5.11 Å². The predicted octanol–water partition coefficient (Wildman–Crippen LogP) is 3.97. The fourth-order valence-electron chi connectivity index (χ4n) is 3.73. The summed E-state index contributed by atoms with van der Waals surface area (Å²) in [5.41, 5.74) is 12.3. The molecule has 3 aromatic heterocycles. The Morgan fingerprint density at radius 2 is 1.90 bits per heavy atom. The number of aromatic nitrogens is 5. The van der Waals surface area contributed by atoms with Crippen molar-refractivity contribution >= 4 is 11.5 Å². The number of hydrogen-bond acceptors (Lipinski definition) is 6. The maximum atomic E-state index is 10.5. The molecule has 3 aromatic rings. The first-order valence-corrected chi connectivity index (χ1v) is 10.4. The van der Waals surface area contributed by atoms with Crippen LogP contribution in [0.3, 0.4) is 0 Å². The molecule has 7 nitrogen and oxygen atoms in total. The van der Waals surface area contributed by atoms with Crippen molar-refractivity contribution in [1.82, 2.24) is 24.7 Å². The van der Waals surface area contributed by atoms with Crippen molar-refractivity contribution in [2.45, 2.75) is 52.7 Å². The zero-order valence-corrected chi connectivity index (χ0v) is 17.9. The topological polar surface area (TPSA) is 103 Å². The monoisotopic (exact) mass is 404 g/mol. The van der Waals surface area contributed by atoms with E-state index in [0.717, 1.165) is 40.1 Å². The maximum absolute atomic E-state index is 10.5. The molecule has 0 radical (unpaired) electrons. The first kappa shape index (κ1) is 20.2. The molecule has 1 aliphatic carbocycles. The van der Waals surface area contributed by atoms with Crippen LogP contribution < -0.4 is 5.73 Å². The summed E-state index contributed by atoms with van der Waals surface area (Å²) in [6.45, 7) is 8.34. The van der Waals surface area contributed by atoms with Crippen molar-refractivity contribution in [3.63, 3.8) is 0 Å². The third-order valence-electron chi connectivity index (χ3n) is 5.30. The van der Waals surface area contributed by atoms with E-state index in [1.54, 1.807) is 0 Å². The number of aliphatic hydroxyl groups excluding tert-OH is 1. The molecule has 7 heteroatoms. The van der Waals surface area contributed by atoms with Crippen LogP contribution in [0.25, 0.3) is 16.7 Å². The Labute approximate surface area is 176 Å². The quantitative estimate of drug-likeness (QED) is 0.644. The van der Waals surface area contributed by atoms with Crippen LogP contribution in [-0.2, 0) is 6.42 Å². The van der Waals surface area contributed by atoms with E-state index in [9.17, 15) is 5.11 Å². The van der Waals surface area contributed by atoms with E-state index in [-0.39, 0.29) is 5.95 Å². The third kappa shape index (κ3) is 3.98.